The number of aliphatic imine (C=N–C) groups is 1. The Hall–Kier alpha value is -3.22. The van der Waals surface area contributed by atoms with E-state index in [1.165, 1.54) is 28.3 Å². The first-order valence-corrected chi connectivity index (χ1v) is 10.0. The van der Waals surface area contributed by atoms with Gasteiger partial charge in [-0.2, -0.15) is 0 Å². The number of furan rings is 1. The average Bonchev–Trinajstić information content (AvgIpc) is 3.42. The van der Waals surface area contributed by atoms with Crippen LogP contribution in [-0.4, -0.2) is 66.4 Å². The zero-order chi connectivity index (χ0) is 20.2. The van der Waals surface area contributed by atoms with Gasteiger partial charge in [0, 0.05) is 56.9 Å². The Morgan fingerprint density at radius 2 is 1.97 bits per heavy atom. The number of aromatic nitrogens is 1. The molecule has 0 bridgehead atoms. The number of aryl methyl sites for hydroxylation is 1. The molecule has 0 unspecified atom stereocenters. The monoisotopic (exact) mass is 393 g/mol. The van der Waals surface area contributed by atoms with Crippen molar-refractivity contribution in [1.29, 1.82) is 0 Å². The summed E-state index contributed by atoms with van der Waals surface area (Å²) in [4.78, 5) is 24.2. The van der Waals surface area contributed by atoms with Crippen molar-refractivity contribution in [3.63, 3.8) is 0 Å². The fourth-order valence-electron chi connectivity index (χ4n) is 3.97. The molecule has 0 aliphatic carbocycles. The number of hydrogen-bond donors (Lipinski definition) is 2. The van der Waals surface area contributed by atoms with Crippen molar-refractivity contribution >= 4 is 22.8 Å². The van der Waals surface area contributed by atoms with E-state index in [1.54, 1.807) is 19.2 Å². The molecule has 1 aliphatic heterocycles. The number of carbonyl (C=O) groups is 1. The molecule has 0 atom stereocenters. The molecule has 1 amide bonds. The molecule has 1 saturated heterocycles. The van der Waals surface area contributed by atoms with E-state index < -0.39 is 0 Å². The molecule has 0 radical (unpaired) electrons. The van der Waals surface area contributed by atoms with E-state index in [2.05, 4.69) is 51.5 Å². The Kier molecular flexibility index (Phi) is 5.55. The van der Waals surface area contributed by atoms with Crippen LogP contribution in [0.1, 0.15) is 21.7 Å². The highest BCUT2D eigenvalue weighted by atomic mass is 16.3. The Morgan fingerprint density at radius 3 is 2.69 bits per heavy atom. The lowest BCUT2D eigenvalue weighted by Crippen LogP contribution is -2.53. The van der Waals surface area contributed by atoms with Crippen LogP contribution in [0.5, 0.6) is 0 Å². The summed E-state index contributed by atoms with van der Waals surface area (Å²) in [6.07, 6.45) is 4.55. The third kappa shape index (κ3) is 3.99. The summed E-state index contributed by atoms with van der Waals surface area (Å²) in [5.74, 6) is 1.23. The topological polar surface area (TPSA) is 76.9 Å². The van der Waals surface area contributed by atoms with Crippen molar-refractivity contribution in [3.8, 4) is 0 Å². The molecule has 1 fully saturated rings. The second-order valence-electron chi connectivity index (χ2n) is 7.29. The predicted molar refractivity (Wildman–Crippen MR) is 114 cm³/mol. The molecule has 0 spiro atoms. The van der Waals surface area contributed by atoms with E-state index in [4.69, 9.17) is 4.42 Å². The maximum Gasteiger partial charge on any atom is 0.289 e. The lowest BCUT2D eigenvalue weighted by Gasteiger charge is -2.36. The van der Waals surface area contributed by atoms with Crippen LogP contribution in [0.2, 0.25) is 0 Å². The zero-order valence-electron chi connectivity index (χ0n) is 16.9. The second kappa shape index (κ2) is 8.43. The van der Waals surface area contributed by atoms with Crippen LogP contribution in [0.4, 0.5) is 0 Å². The van der Waals surface area contributed by atoms with Gasteiger partial charge in [0.25, 0.3) is 5.91 Å². The molecule has 4 rings (SSSR count). The van der Waals surface area contributed by atoms with E-state index in [0.29, 0.717) is 18.8 Å². The highest BCUT2D eigenvalue weighted by Crippen LogP contribution is 2.22. The molecular weight excluding hydrogens is 366 g/mol. The first-order chi connectivity index (χ1) is 14.2. The number of guanidine groups is 1. The number of benzene rings is 1. The average molecular weight is 393 g/mol. The van der Waals surface area contributed by atoms with Gasteiger partial charge in [-0.15, -0.1) is 0 Å². The molecule has 152 valence electrons. The number of nitrogens with zero attached hydrogens (tertiary/aromatic N) is 3. The minimum atomic E-state index is -0.0488. The maximum absolute atomic E-state index is 12.4. The van der Waals surface area contributed by atoms with Crippen molar-refractivity contribution in [2.45, 2.75) is 13.3 Å². The molecule has 2 N–H and O–H groups in total. The highest BCUT2D eigenvalue weighted by molar-refractivity contribution is 5.91. The Labute approximate surface area is 170 Å². The largest absolute Gasteiger partial charge is 0.459 e. The van der Waals surface area contributed by atoms with Crippen LogP contribution in [0, 0.1) is 6.92 Å². The smallest absolute Gasteiger partial charge is 0.289 e. The number of hydrogen-bond acceptors (Lipinski definition) is 3. The fourth-order valence-corrected chi connectivity index (χ4v) is 3.97. The summed E-state index contributed by atoms with van der Waals surface area (Å²) in [7, 11) is 1.80. The molecule has 0 saturated carbocycles. The van der Waals surface area contributed by atoms with Crippen molar-refractivity contribution in [3.05, 3.63) is 59.7 Å². The van der Waals surface area contributed by atoms with Crippen LogP contribution in [-0.2, 0) is 6.42 Å². The minimum Gasteiger partial charge on any atom is -0.459 e. The van der Waals surface area contributed by atoms with Gasteiger partial charge in [0.1, 0.15) is 0 Å². The molecule has 1 aliphatic rings. The van der Waals surface area contributed by atoms with Crippen LogP contribution in [0.25, 0.3) is 10.9 Å². The van der Waals surface area contributed by atoms with E-state index in [0.717, 1.165) is 32.0 Å². The minimum absolute atomic E-state index is 0.0488. The number of aromatic amines is 1. The molecule has 1 aromatic carbocycles. The third-order valence-corrected chi connectivity index (χ3v) is 5.48. The van der Waals surface area contributed by atoms with Crippen LogP contribution < -0.4 is 5.32 Å². The number of fused-ring (bicyclic) bond motifs is 1. The summed E-state index contributed by atoms with van der Waals surface area (Å²) in [6, 6.07) is 9.79. The van der Waals surface area contributed by atoms with Crippen molar-refractivity contribution in [2.75, 3.05) is 39.8 Å². The summed E-state index contributed by atoms with van der Waals surface area (Å²) in [5, 5.41) is 4.79. The fraction of sp³-hybridized carbons (Fsp3) is 0.364. The molecule has 3 aromatic rings. The lowest BCUT2D eigenvalue weighted by atomic mass is 10.1. The number of carbonyl (C=O) groups excluding carboxylic acids is 1. The maximum atomic E-state index is 12.4. The number of rotatable bonds is 4. The third-order valence-electron chi connectivity index (χ3n) is 5.48. The number of H-pyrrole nitrogens is 1. The summed E-state index contributed by atoms with van der Waals surface area (Å²) in [5.41, 5.74) is 3.79. The van der Waals surface area contributed by atoms with Gasteiger partial charge in [-0.25, -0.2) is 0 Å². The van der Waals surface area contributed by atoms with Gasteiger partial charge in [-0.1, -0.05) is 12.1 Å². The highest BCUT2D eigenvalue weighted by Gasteiger charge is 2.25. The van der Waals surface area contributed by atoms with Crippen molar-refractivity contribution in [1.82, 2.24) is 20.1 Å². The second-order valence-corrected chi connectivity index (χ2v) is 7.29. The number of amides is 1. The van der Waals surface area contributed by atoms with Gasteiger partial charge >= 0.3 is 0 Å². The van der Waals surface area contributed by atoms with Gasteiger partial charge in [0.15, 0.2) is 11.7 Å². The normalized spacial score (nSPS) is 15.2. The Balaban J connectivity index is 1.30. The van der Waals surface area contributed by atoms with Crippen LogP contribution in [0.15, 0.2) is 52.2 Å². The van der Waals surface area contributed by atoms with Crippen molar-refractivity contribution < 1.29 is 9.21 Å². The summed E-state index contributed by atoms with van der Waals surface area (Å²) in [6.45, 7) is 5.76. The molecule has 29 heavy (non-hydrogen) atoms. The van der Waals surface area contributed by atoms with E-state index in [-0.39, 0.29) is 5.91 Å². The van der Waals surface area contributed by atoms with Gasteiger partial charge < -0.3 is 24.5 Å². The first-order valence-electron chi connectivity index (χ1n) is 10.0. The predicted octanol–water partition coefficient (Wildman–Crippen LogP) is 2.65. The van der Waals surface area contributed by atoms with E-state index in [1.807, 2.05) is 4.90 Å². The standard InChI is InChI=1S/C22H27N5O2/c1-16-5-3-6-18-20(16)17(15-25-18)8-9-24-22(23-2)27-12-10-26(11-13-27)21(28)19-7-4-14-29-19/h3-7,14-15,25H,8-13H2,1-2H3,(H,23,24). The molecule has 2 aromatic heterocycles. The quantitative estimate of drug-likeness (QED) is 0.528. The van der Waals surface area contributed by atoms with Crippen molar-refractivity contribution in [2.24, 2.45) is 4.99 Å². The number of piperazine rings is 1. The zero-order valence-corrected chi connectivity index (χ0v) is 16.9. The van der Waals surface area contributed by atoms with Gasteiger partial charge in [0.2, 0.25) is 0 Å². The Morgan fingerprint density at radius 1 is 1.17 bits per heavy atom. The van der Waals surface area contributed by atoms with Gasteiger partial charge in [-0.05, 0) is 42.7 Å². The van der Waals surface area contributed by atoms with E-state index in [9.17, 15) is 4.79 Å². The summed E-state index contributed by atoms with van der Waals surface area (Å²) < 4.78 is 5.23. The van der Waals surface area contributed by atoms with Crippen LogP contribution >= 0.6 is 0 Å². The lowest BCUT2D eigenvalue weighted by molar-refractivity contribution is 0.0658. The van der Waals surface area contributed by atoms with E-state index >= 15 is 0 Å². The Bertz CT molecular complexity index is 998. The molecule has 3 heterocycles. The van der Waals surface area contributed by atoms with Gasteiger partial charge in [-0.3, -0.25) is 9.79 Å². The van der Waals surface area contributed by atoms with Gasteiger partial charge in [0.05, 0.1) is 6.26 Å². The summed E-state index contributed by atoms with van der Waals surface area (Å²) >= 11 is 0. The number of nitrogens with one attached hydrogen (secondary N) is 2. The molecule has 7 heteroatoms. The SMILES string of the molecule is CN=C(NCCc1c[nH]c2cccc(C)c12)N1CCN(C(=O)c2ccco2)CC1. The van der Waals surface area contributed by atoms with Crippen LogP contribution in [0.3, 0.4) is 0 Å². The first kappa shape index (κ1) is 19.1. The molecular formula is C22H27N5O2. The molecule has 7 nitrogen and oxygen atoms in total.